The van der Waals surface area contributed by atoms with Crippen LogP contribution in [0.2, 0.25) is 0 Å². The number of rotatable bonds is 4. The van der Waals surface area contributed by atoms with Crippen molar-refractivity contribution in [1.29, 1.82) is 0 Å². The molecule has 2 heteroatoms. The molecule has 140 valence electrons. The van der Waals surface area contributed by atoms with Crippen LogP contribution < -0.4 is 0 Å². The fourth-order valence-electron chi connectivity index (χ4n) is 3.53. The van der Waals surface area contributed by atoms with Crippen LogP contribution in [-0.4, -0.2) is 12.6 Å². The fourth-order valence-corrected chi connectivity index (χ4v) is 3.53. The van der Waals surface area contributed by atoms with Crippen molar-refractivity contribution in [1.82, 2.24) is 0 Å². The van der Waals surface area contributed by atoms with Gasteiger partial charge in [-0.1, -0.05) is 68.4 Å². The van der Waals surface area contributed by atoms with Crippen LogP contribution in [0.5, 0.6) is 0 Å². The van der Waals surface area contributed by atoms with Gasteiger partial charge in [-0.15, -0.1) is 0 Å². The predicted molar refractivity (Wildman–Crippen MR) is 117 cm³/mol. The van der Waals surface area contributed by atoms with Gasteiger partial charge in [-0.05, 0) is 63.7 Å². The molecule has 0 aromatic heterocycles. The third kappa shape index (κ3) is 4.17. The number of aryl methyl sites for hydroxylation is 2. The minimum Gasteiger partial charge on any atom is -0.298 e. The Morgan fingerprint density at radius 3 is 1.89 bits per heavy atom. The molecule has 0 fully saturated rings. The number of carbonyl (C=O) groups excluding carboxylic acids is 2. The Morgan fingerprint density at radius 2 is 1.21 bits per heavy atom. The van der Waals surface area contributed by atoms with E-state index in [2.05, 4.69) is 26.0 Å². The maximum absolute atomic E-state index is 10.7. The first-order chi connectivity index (χ1) is 13.7. The van der Waals surface area contributed by atoms with E-state index in [9.17, 15) is 9.59 Å². The summed E-state index contributed by atoms with van der Waals surface area (Å²) in [5.74, 6) is 0. The van der Waals surface area contributed by atoms with Gasteiger partial charge < -0.3 is 0 Å². The van der Waals surface area contributed by atoms with E-state index in [0.29, 0.717) is 0 Å². The average molecular weight is 368 g/mol. The Hall–Kier alpha value is -3.26. The van der Waals surface area contributed by atoms with Gasteiger partial charge in [-0.3, -0.25) is 9.59 Å². The van der Waals surface area contributed by atoms with Crippen LogP contribution in [0.15, 0.2) is 72.8 Å². The molecule has 0 aliphatic carbocycles. The summed E-state index contributed by atoms with van der Waals surface area (Å²) in [6.45, 7) is 4.25. The van der Waals surface area contributed by atoms with Gasteiger partial charge in [-0.25, -0.2) is 0 Å². The highest BCUT2D eigenvalue weighted by atomic mass is 16.1. The van der Waals surface area contributed by atoms with Crippen molar-refractivity contribution in [3.63, 3.8) is 0 Å². The second-order valence-electron chi connectivity index (χ2n) is 6.74. The lowest BCUT2D eigenvalue weighted by atomic mass is 10.00. The Labute approximate surface area is 165 Å². The predicted octanol–water partition coefficient (Wildman–Crippen LogP) is 6.43. The highest BCUT2D eigenvalue weighted by Crippen LogP contribution is 2.21. The van der Waals surface area contributed by atoms with Crippen molar-refractivity contribution >= 4 is 34.1 Å². The number of hydrogen-bond donors (Lipinski definition) is 0. The first kappa shape index (κ1) is 19.5. The van der Waals surface area contributed by atoms with Gasteiger partial charge in [0.25, 0.3) is 0 Å². The summed E-state index contributed by atoms with van der Waals surface area (Å²) in [5, 5.41) is 4.80. The molecule has 28 heavy (non-hydrogen) atoms. The van der Waals surface area contributed by atoms with E-state index in [1.807, 2.05) is 60.7 Å². The summed E-state index contributed by atoms with van der Waals surface area (Å²) < 4.78 is 0. The number of carbonyl (C=O) groups is 2. The summed E-state index contributed by atoms with van der Waals surface area (Å²) in [5.41, 5.74) is 4.08. The van der Waals surface area contributed by atoms with E-state index < -0.39 is 0 Å². The van der Waals surface area contributed by atoms with E-state index in [1.165, 1.54) is 21.9 Å². The van der Waals surface area contributed by atoms with Crippen LogP contribution in [0.3, 0.4) is 0 Å². The maximum atomic E-state index is 10.7. The second kappa shape index (κ2) is 9.09. The smallest absolute Gasteiger partial charge is 0.150 e. The lowest BCUT2D eigenvalue weighted by Crippen LogP contribution is -1.88. The highest BCUT2D eigenvalue weighted by Gasteiger charge is 2.01. The maximum Gasteiger partial charge on any atom is 0.150 e. The van der Waals surface area contributed by atoms with Crippen LogP contribution >= 0.6 is 0 Å². The van der Waals surface area contributed by atoms with Gasteiger partial charge in [0.2, 0.25) is 0 Å². The summed E-state index contributed by atoms with van der Waals surface area (Å²) in [7, 11) is 0. The molecule has 2 nitrogen and oxygen atoms in total. The van der Waals surface area contributed by atoms with Gasteiger partial charge in [0.05, 0.1) is 0 Å². The molecule has 0 radical (unpaired) electrons. The van der Waals surface area contributed by atoms with Crippen molar-refractivity contribution in [2.45, 2.75) is 26.7 Å². The van der Waals surface area contributed by atoms with Crippen LogP contribution in [0.4, 0.5) is 0 Å². The lowest BCUT2D eigenvalue weighted by Gasteiger charge is -2.04. The summed E-state index contributed by atoms with van der Waals surface area (Å²) >= 11 is 0. The van der Waals surface area contributed by atoms with Crippen LogP contribution in [-0.2, 0) is 12.8 Å². The molecule has 0 heterocycles. The Balaban J connectivity index is 0.000000161. The van der Waals surface area contributed by atoms with Gasteiger partial charge in [0, 0.05) is 11.1 Å². The van der Waals surface area contributed by atoms with Crippen molar-refractivity contribution in [3.05, 3.63) is 95.1 Å². The van der Waals surface area contributed by atoms with Crippen LogP contribution in [0.25, 0.3) is 21.5 Å². The number of hydrogen-bond acceptors (Lipinski definition) is 2. The molecule has 0 unspecified atom stereocenters. The number of aldehydes is 2. The van der Waals surface area contributed by atoms with Gasteiger partial charge in [0.1, 0.15) is 12.6 Å². The van der Waals surface area contributed by atoms with E-state index in [0.717, 1.165) is 47.3 Å². The topological polar surface area (TPSA) is 34.1 Å². The molecule has 4 aromatic rings. The lowest BCUT2D eigenvalue weighted by molar-refractivity contribution is 0.111. The second-order valence-corrected chi connectivity index (χ2v) is 6.74. The zero-order valence-electron chi connectivity index (χ0n) is 16.3. The number of benzene rings is 4. The molecule has 0 atom stereocenters. The van der Waals surface area contributed by atoms with Crippen LogP contribution in [0.1, 0.15) is 45.7 Å². The molecule has 0 aliphatic heterocycles. The van der Waals surface area contributed by atoms with E-state index >= 15 is 0 Å². The Morgan fingerprint density at radius 1 is 0.607 bits per heavy atom. The summed E-state index contributed by atoms with van der Waals surface area (Å²) in [4.78, 5) is 21.3. The Kier molecular flexibility index (Phi) is 6.33. The van der Waals surface area contributed by atoms with Crippen LogP contribution in [0, 0.1) is 0 Å². The SMILES string of the molecule is CCc1cc(C=O)cc2ccccc12.CCc1cccc2cc(C=O)ccc12. The third-order valence-corrected chi connectivity index (χ3v) is 5.00. The van der Waals surface area contributed by atoms with Gasteiger partial charge >= 0.3 is 0 Å². The van der Waals surface area contributed by atoms with E-state index in [1.54, 1.807) is 0 Å². The Bertz CT molecular complexity index is 1110. The molecular weight excluding hydrogens is 344 g/mol. The van der Waals surface area contributed by atoms with Gasteiger partial charge in [-0.2, -0.15) is 0 Å². The van der Waals surface area contributed by atoms with Gasteiger partial charge in [0.15, 0.2) is 0 Å². The molecular formula is C26H24O2. The van der Waals surface area contributed by atoms with E-state index in [-0.39, 0.29) is 0 Å². The molecule has 0 saturated carbocycles. The molecule has 0 aliphatic rings. The molecule has 4 rings (SSSR count). The molecule has 0 amide bonds. The first-order valence-electron chi connectivity index (χ1n) is 9.63. The monoisotopic (exact) mass is 368 g/mol. The quantitative estimate of drug-likeness (QED) is 0.389. The highest BCUT2D eigenvalue weighted by molar-refractivity contribution is 5.92. The van der Waals surface area contributed by atoms with Crippen molar-refractivity contribution in [2.24, 2.45) is 0 Å². The average Bonchev–Trinajstić information content (AvgIpc) is 2.77. The molecule has 0 saturated heterocycles. The standard InChI is InChI=1S/2C13H12O/c1-2-11-4-3-5-12-8-10(9-14)6-7-13(11)12;1-2-11-7-10(9-14)8-12-5-3-4-6-13(11)12/h2*3-9H,2H2,1H3. The third-order valence-electron chi connectivity index (χ3n) is 5.00. The molecule has 0 spiro atoms. The minimum atomic E-state index is 0.741. The summed E-state index contributed by atoms with van der Waals surface area (Å²) in [6.07, 6.45) is 3.78. The number of fused-ring (bicyclic) bond motifs is 2. The zero-order valence-corrected chi connectivity index (χ0v) is 16.3. The largest absolute Gasteiger partial charge is 0.298 e. The normalized spacial score (nSPS) is 10.4. The van der Waals surface area contributed by atoms with Crippen molar-refractivity contribution < 1.29 is 9.59 Å². The summed E-state index contributed by atoms with van der Waals surface area (Å²) in [6, 6.07) is 24.1. The van der Waals surface area contributed by atoms with Crippen molar-refractivity contribution in [3.8, 4) is 0 Å². The molecule has 4 aromatic carbocycles. The fraction of sp³-hybridized carbons (Fsp3) is 0.154. The molecule has 0 bridgehead atoms. The zero-order chi connectivity index (χ0) is 19.9. The van der Waals surface area contributed by atoms with Crippen molar-refractivity contribution in [2.75, 3.05) is 0 Å². The first-order valence-corrected chi connectivity index (χ1v) is 9.63. The minimum absolute atomic E-state index is 0.741. The molecule has 0 N–H and O–H groups in total. The van der Waals surface area contributed by atoms with E-state index in [4.69, 9.17) is 0 Å².